The fraction of sp³-hybridized carbons (Fsp3) is 0.357. The maximum Gasteiger partial charge on any atom is 0.232 e. The van der Waals surface area contributed by atoms with E-state index in [0.29, 0.717) is 12.1 Å². The van der Waals surface area contributed by atoms with Gasteiger partial charge in [-0.05, 0) is 38.0 Å². The summed E-state index contributed by atoms with van der Waals surface area (Å²) in [7, 11) is -3.25. The smallest absolute Gasteiger partial charge is 0.232 e. The Kier molecular flexibility index (Phi) is 4.13. The van der Waals surface area contributed by atoms with Gasteiger partial charge in [0.2, 0.25) is 10.0 Å². The van der Waals surface area contributed by atoms with Crippen LogP contribution >= 0.6 is 0 Å². The van der Waals surface area contributed by atoms with Crippen LogP contribution in [0.2, 0.25) is 0 Å². The highest BCUT2D eigenvalue weighted by molar-refractivity contribution is 7.92. The molecular weight excluding hydrogens is 276 g/mol. The first-order valence-electron chi connectivity index (χ1n) is 6.46. The molecule has 0 atom stereocenters. The van der Waals surface area contributed by atoms with Crippen molar-refractivity contribution in [3.63, 3.8) is 0 Å². The van der Waals surface area contributed by atoms with E-state index in [2.05, 4.69) is 9.88 Å². The van der Waals surface area contributed by atoms with Crippen molar-refractivity contribution in [2.45, 2.75) is 27.2 Å². The Hall–Kier alpha value is -1.82. The molecule has 0 saturated heterocycles. The average Bonchev–Trinajstić information content (AvgIpc) is 2.70. The fourth-order valence-corrected chi connectivity index (χ4v) is 3.23. The molecule has 0 unspecified atom stereocenters. The van der Waals surface area contributed by atoms with Crippen molar-refractivity contribution in [1.82, 2.24) is 5.16 Å². The molecule has 2 aromatic rings. The van der Waals surface area contributed by atoms with Crippen LogP contribution in [0.1, 0.15) is 24.8 Å². The Morgan fingerprint density at radius 1 is 1.20 bits per heavy atom. The van der Waals surface area contributed by atoms with E-state index in [1.54, 1.807) is 12.1 Å². The van der Waals surface area contributed by atoms with E-state index in [-0.39, 0.29) is 5.75 Å². The summed E-state index contributed by atoms with van der Waals surface area (Å²) in [6.45, 7) is 5.57. The quantitative estimate of drug-likeness (QED) is 0.919. The van der Waals surface area contributed by atoms with Crippen molar-refractivity contribution in [2.75, 3.05) is 10.5 Å². The van der Waals surface area contributed by atoms with Gasteiger partial charge >= 0.3 is 0 Å². The van der Waals surface area contributed by atoms with Crippen molar-refractivity contribution in [2.24, 2.45) is 0 Å². The van der Waals surface area contributed by atoms with Crippen molar-refractivity contribution >= 4 is 15.7 Å². The summed E-state index contributed by atoms with van der Waals surface area (Å²) in [5.74, 6) is 0.875. The van der Waals surface area contributed by atoms with Crippen LogP contribution in [-0.2, 0) is 10.0 Å². The lowest BCUT2D eigenvalue weighted by atomic mass is 10.0. The predicted molar refractivity (Wildman–Crippen MR) is 79.1 cm³/mol. The van der Waals surface area contributed by atoms with Crippen LogP contribution in [0.4, 0.5) is 5.69 Å². The molecule has 6 heteroatoms. The second-order valence-electron chi connectivity index (χ2n) is 4.70. The molecule has 0 fully saturated rings. The molecule has 0 aliphatic rings. The molecule has 1 heterocycles. The average molecular weight is 294 g/mol. The lowest BCUT2D eigenvalue weighted by Gasteiger charge is -2.08. The number of nitrogens with one attached hydrogen (secondary N) is 1. The van der Waals surface area contributed by atoms with E-state index < -0.39 is 10.0 Å². The van der Waals surface area contributed by atoms with Gasteiger partial charge in [0.15, 0.2) is 0 Å². The third-order valence-corrected chi connectivity index (χ3v) is 4.45. The lowest BCUT2D eigenvalue weighted by molar-refractivity contribution is 0.393. The van der Waals surface area contributed by atoms with Crippen LogP contribution in [0, 0.1) is 13.8 Å². The number of anilines is 1. The SMILES string of the molecule is CCCS(=O)(=O)Nc1ccc(-c2c(C)noc2C)cc1. The molecule has 108 valence electrons. The van der Waals surface area contributed by atoms with E-state index >= 15 is 0 Å². The highest BCUT2D eigenvalue weighted by Crippen LogP contribution is 2.27. The zero-order valence-corrected chi connectivity index (χ0v) is 12.6. The minimum absolute atomic E-state index is 0.124. The maximum atomic E-state index is 11.7. The molecule has 0 spiro atoms. The van der Waals surface area contributed by atoms with E-state index in [9.17, 15) is 8.42 Å². The maximum absolute atomic E-state index is 11.7. The summed E-state index contributed by atoms with van der Waals surface area (Å²) < 4.78 is 31.1. The van der Waals surface area contributed by atoms with E-state index in [0.717, 1.165) is 22.6 Å². The van der Waals surface area contributed by atoms with Crippen molar-refractivity contribution < 1.29 is 12.9 Å². The number of hydrogen-bond donors (Lipinski definition) is 1. The van der Waals surface area contributed by atoms with Gasteiger partial charge in [0.1, 0.15) is 5.76 Å². The van der Waals surface area contributed by atoms with Crippen LogP contribution in [0.15, 0.2) is 28.8 Å². The number of benzene rings is 1. The standard InChI is InChI=1S/C14H18N2O3S/c1-4-9-20(17,18)16-13-7-5-12(6-8-13)14-10(2)15-19-11(14)3/h5-8,16H,4,9H2,1-3H3. The van der Waals surface area contributed by atoms with Crippen LogP contribution in [-0.4, -0.2) is 19.3 Å². The normalized spacial score (nSPS) is 11.6. The van der Waals surface area contributed by atoms with Crippen molar-refractivity contribution in [3.05, 3.63) is 35.7 Å². The van der Waals surface area contributed by atoms with Gasteiger partial charge < -0.3 is 4.52 Å². The summed E-state index contributed by atoms with van der Waals surface area (Å²) in [6.07, 6.45) is 0.590. The second kappa shape index (κ2) is 5.66. The van der Waals surface area contributed by atoms with E-state index in [1.165, 1.54) is 0 Å². The predicted octanol–water partition coefficient (Wildman–Crippen LogP) is 3.11. The monoisotopic (exact) mass is 294 g/mol. The zero-order valence-electron chi connectivity index (χ0n) is 11.8. The summed E-state index contributed by atoms with van der Waals surface area (Å²) in [5.41, 5.74) is 3.29. The molecule has 2 rings (SSSR count). The minimum Gasteiger partial charge on any atom is -0.361 e. The largest absolute Gasteiger partial charge is 0.361 e. The van der Waals surface area contributed by atoms with E-state index in [1.807, 2.05) is 32.9 Å². The second-order valence-corrected chi connectivity index (χ2v) is 6.54. The topological polar surface area (TPSA) is 72.2 Å². The van der Waals surface area contributed by atoms with Gasteiger partial charge in [-0.15, -0.1) is 0 Å². The molecular formula is C14H18N2O3S. The third-order valence-electron chi connectivity index (χ3n) is 2.95. The van der Waals surface area contributed by atoms with Gasteiger partial charge in [-0.1, -0.05) is 24.2 Å². The summed E-state index contributed by atoms with van der Waals surface area (Å²) in [5, 5.41) is 3.91. The minimum atomic E-state index is -3.25. The fourth-order valence-electron chi connectivity index (χ4n) is 2.10. The van der Waals surface area contributed by atoms with Crippen LogP contribution in [0.25, 0.3) is 11.1 Å². The Labute approximate surface area is 119 Å². The molecule has 20 heavy (non-hydrogen) atoms. The molecule has 5 nitrogen and oxygen atoms in total. The molecule has 0 radical (unpaired) electrons. The molecule has 1 N–H and O–H groups in total. The van der Waals surface area contributed by atoms with Crippen LogP contribution in [0.3, 0.4) is 0 Å². The molecule has 1 aromatic carbocycles. The van der Waals surface area contributed by atoms with Gasteiger partial charge in [0, 0.05) is 11.3 Å². The van der Waals surface area contributed by atoms with Crippen molar-refractivity contribution in [3.8, 4) is 11.1 Å². The van der Waals surface area contributed by atoms with Gasteiger partial charge in [-0.2, -0.15) is 0 Å². The Bertz CT molecular complexity index is 668. The van der Waals surface area contributed by atoms with Gasteiger partial charge in [0.05, 0.1) is 11.4 Å². The van der Waals surface area contributed by atoms with Gasteiger partial charge in [-0.25, -0.2) is 8.42 Å². The summed E-state index contributed by atoms with van der Waals surface area (Å²) in [4.78, 5) is 0. The van der Waals surface area contributed by atoms with Crippen LogP contribution in [0.5, 0.6) is 0 Å². The first-order chi connectivity index (χ1) is 9.43. The van der Waals surface area contributed by atoms with Crippen molar-refractivity contribution in [1.29, 1.82) is 0 Å². The summed E-state index contributed by atoms with van der Waals surface area (Å²) >= 11 is 0. The first-order valence-corrected chi connectivity index (χ1v) is 8.12. The highest BCUT2D eigenvalue weighted by Gasteiger charge is 2.12. The molecule has 1 aromatic heterocycles. The highest BCUT2D eigenvalue weighted by atomic mass is 32.2. The van der Waals surface area contributed by atoms with E-state index in [4.69, 9.17) is 4.52 Å². The molecule has 0 saturated carbocycles. The lowest BCUT2D eigenvalue weighted by Crippen LogP contribution is -2.15. The Morgan fingerprint density at radius 2 is 1.85 bits per heavy atom. The number of hydrogen-bond acceptors (Lipinski definition) is 4. The zero-order chi connectivity index (χ0) is 14.8. The number of aryl methyl sites for hydroxylation is 2. The third kappa shape index (κ3) is 3.19. The number of nitrogens with zero attached hydrogens (tertiary/aromatic N) is 1. The van der Waals surface area contributed by atoms with Gasteiger partial charge in [-0.3, -0.25) is 4.72 Å². The molecule has 0 aliphatic carbocycles. The first kappa shape index (κ1) is 14.6. The Balaban J connectivity index is 2.23. The molecule has 0 amide bonds. The van der Waals surface area contributed by atoms with Crippen LogP contribution < -0.4 is 4.72 Å². The summed E-state index contributed by atoms with van der Waals surface area (Å²) in [6, 6.07) is 7.20. The van der Waals surface area contributed by atoms with Gasteiger partial charge in [0.25, 0.3) is 0 Å². The number of rotatable bonds is 5. The molecule has 0 aliphatic heterocycles. The number of aromatic nitrogens is 1. The number of sulfonamides is 1. The molecule has 0 bridgehead atoms. The Morgan fingerprint density at radius 3 is 2.35 bits per heavy atom.